The number of fused-ring (bicyclic) bond motifs is 1. The van der Waals surface area contributed by atoms with Gasteiger partial charge < -0.3 is 15.8 Å². The van der Waals surface area contributed by atoms with E-state index >= 15 is 0 Å². The number of primary amides is 1. The Kier molecular flexibility index (Phi) is 7.56. The summed E-state index contributed by atoms with van der Waals surface area (Å²) in [5.74, 6) is 0.446. The molecule has 3 rings (SSSR count). The summed E-state index contributed by atoms with van der Waals surface area (Å²) >= 11 is 6.86. The zero-order valence-corrected chi connectivity index (χ0v) is 20.7. The van der Waals surface area contributed by atoms with Crippen LogP contribution in [-0.2, 0) is 12.8 Å². The van der Waals surface area contributed by atoms with E-state index in [2.05, 4.69) is 31.4 Å². The fourth-order valence-corrected chi connectivity index (χ4v) is 5.50. The minimum absolute atomic E-state index is 0.134. The molecule has 0 unspecified atom stereocenters. The van der Waals surface area contributed by atoms with E-state index in [0.717, 1.165) is 31.2 Å². The Labute approximate surface area is 198 Å². The second-order valence-corrected chi connectivity index (χ2v) is 10.7. The van der Waals surface area contributed by atoms with Crippen LogP contribution in [0.15, 0.2) is 24.3 Å². The average molecular weight is 474 g/mol. The third-order valence-corrected chi connectivity index (χ3v) is 7.15. The molecule has 0 radical (unpaired) electrons. The van der Waals surface area contributed by atoms with Crippen molar-refractivity contribution in [2.24, 2.45) is 17.1 Å². The van der Waals surface area contributed by atoms with Gasteiger partial charge in [0.15, 0.2) is 5.11 Å². The van der Waals surface area contributed by atoms with E-state index in [-0.39, 0.29) is 16.4 Å². The van der Waals surface area contributed by atoms with Crippen molar-refractivity contribution in [3.63, 3.8) is 0 Å². The summed E-state index contributed by atoms with van der Waals surface area (Å²) in [5.41, 5.74) is 7.88. The summed E-state index contributed by atoms with van der Waals surface area (Å²) in [6.07, 6.45) is 3.67. The molecule has 0 bridgehead atoms. The minimum atomic E-state index is -0.476. The standard InChI is InChI=1S/C24H31N3O3S2/c1-5-12-30-16-9-6-14(7-10-16)21(29)26-23(31)27-22-19(20(25)28)17-11-8-15(24(2,3)4)13-18(17)32-22/h6-7,9-10,15H,5,8,11-13H2,1-4H3,(H2,25,28)(H2,26,27,29,31)/t15-/m0/s1. The highest BCUT2D eigenvalue weighted by Gasteiger charge is 2.33. The van der Waals surface area contributed by atoms with E-state index in [4.69, 9.17) is 22.7 Å². The predicted octanol–water partition coefficient (Wildman–Crippen LogP) is 4.91. The van der Waals surface area contributed by atoms with Crippen molar-refractivity contribution in [1.82, 2.24) is 5.32 Å². The van der Waals surface area contributed by atoms with Crippen LogP contribution >= 0.6 is 23.6 Å². The second kappa shape index (κ2) is 10.0. The van der Waals surface area contributed by atoms with Crippen molar-refractivity contribution in [1.29, 1.82) is 0 Å². The number of hydrogen-bond acceptors (Lipinski definition) is 5. The third-order valence-electron chi connectivity index (χ3n) is 5.78. The Morgan fingerprint density at radius 1 is 1.25 bits per heavy atom. The number of carbonyl (C=O) groups excluding carboxylic acids is 2. The maximum absolute atomic E-state index is 12.6. The minimum Gasteiger partial charge on any atom is -0.494 e. The largest absolute Gasteiger partial charge is 0.494 e. The molecular weight excluding hydrogens is 442 g/mol. The fourth-order valence-electron chi connectivity index (χ4n) is 3.91. The number of thiocarbonyl (C=S) groups is 1. The van der Waals surface area contributed by atoms with E-state index in [1.807, 2.05) is 6.92 Å². The zero-order valence-electron chi connectivity index (χ0n) is 19.0. The van der Waals surface area contributed by atoms with Crippen LogP contribution in [0.1, 0.15) is 71.7 Å². The van der Waals surface area contributed by atoms with Crippen LogP contribution in [0, 0.1) is 11.3 Å². The van der Waals surface area contributed by atoms with Crippen LogP contribution < -0.4 is 21.1 Å². The number of nitrogens with one attached hydrogen (secondary N) is 2. The molecule has 172 valence electrons. The van der Waals surface area contributed by atoms with Crippen LogP contribution in [0.4, 0.5) is 5.00 Å². The van der Waals surface area contributed by atoms with Gasteiger partial charge in [0.2, 0.25) is 0 Å². The van der Waals surface area contributed by atoms with Crippen molar-refractivity contribution in [3.05, 3.63) is 45.8 Å². The highest BCUT2D eigenvalue weighted by atomic mass is 32.1. The van der Waals surface area contributed by atoms with Gasteiger partial charge in [0.1, 0.15) is 10.8 Å². The summed E-state index contributed by atoms with van der Waals surface area (Å²) in [5, 5.41) is 6.45. The van der Waals surface area contributed by atoms with Gasteiger partial charge in [-0.3, -0.25) is 14.9 Å². The number of hydrogen-bond donors (Lipinski definition) is 3. The number of nitrogens with two attached hydrogens (primary N) is 1. The van der Waals surface area contributed by atoms with Crippen molar-refractivity contribution in [2.75, 3.05) is 11.9 Å². The van der Waals surface area contributed by atoms with Crippen LogP contribution in [-0.4, -0.2) is 23.5 Å². The maximum atomic E-state index is 12.6. The number of carbonyl (C=O) groups is 2. The molecule has 0 fully saturated rings. The maximum Gasteiger partial charge on any atom is 0.257 e. The van der Waals surface area contributed by atoms with Crippen molar-refractivity contribution in [2.45, 2.75) is 53.4 Å². The molecule has 0 aliphatic heterocycles. The first kappa shape index (κ1) is 24.2. The van der Waals surface area contributed by atoms with Crippen LogP contribution in [0.5, 0.6) is 5.75 Å². The first-order chi connectivity index (χ1) is 15.1. The van der Waals surface area contributed by atoms with Gasteiger partial charge in [-0.1, -0.05) is 27.7 Å². The van der Waals surface area contributed by atoms with Crippen LogP contribution in [0.2, 0.25) is 0 Å². The summed E-state index contributed by atoms with van der Waals surface area (Å²) in [4.78, 5) is 26.0. The lowest BCUT2D eigenvalue weighted by molar-refractivity contribution is 0.0975. The Balaban J connectivity index is 1.70. The summed E-state index contributed by atoms with van der Waals surface area (Å²) in [6, 6.07) is 6.89. The first-order valence-electron chi connectivity index (χ1n) is 10.9. The van der Waals surface area contributed by atoms with Gasteiger partial charge in [-0.05, 0) is 79.1 Å². The molecule has 2 amide bonds. The lowest BCUT2D eigenvalue weighted by Crippen LogP contribution is -2.34. The van der Waals surface area contributed by atoms with E-state index in [1.54, 1.807) is 24.3 Å². The van der Waals surface area contributed by atoms with Crippen molar-refractivity contribution >= 4 is 45.5 Å². The van der Waals surface area contributed by atoms with E-state index in [9.17, 15) is 9.59 Å². The summed E-state index contributed by atoms with van der Waals surface area (Å²) < 4.78 is 5.54. The highest BCUT2D eigenvalue weighted by molar-refractivity contribution is 7.80. The molecule has 1 aliphatic rings. The first-order valence-corrected chi connectivity index (χ1v) is 12.1. The van der Waals surface area contributed by atoms with Gasteiger partial charge >= 0.3 is 0 Å². The normalized spacial score (nSPS) is 15.6. The van der Waals surface area contributed by atoms with Gasteiger partial charge in [-0.25, -0.2) is 0 Å². The number of benzene rings is 1. The molecule has 4 N–H and O–H groups in total. The number of ether oxygens (including phenoxy) is 1. The molecule has 32 heavy (non-hydrogen) atoms. The highest BCUT2D eigenvalue weighted by Crippen LogP contribution is 2.44. The number of thiophene rings is 1. The molecule has 1 aromatic heterocycles. The molecule has 1 atom stereocenters. The molecular formula is C24H31N3O3S2. The smallest absolute Gasteiger partial charge is 0.257 e. The molecule has 0 saturated heterocycles. The van der Waals surface area contributed by atoms with E-state index in [0.29, 0.717) is 34.4 Å². The fraction of sp³-hybridized carbons (Fsp3) is 0.458. The molecule has 8 heteroatoms. The number of anilines is 1. The molecule has 2 aromatic rings. The van der Waals surface area contributed by atoms with Crippen LogP contribution in [0.25, 0.3) is 0 Å². The molecule has 6 nitrogen and oxygen atoms in total. The SMILES string of the molecule is CCCOc1ccc(C(=O)NC(=S)Nc2sc3c(c2C(N)=O)CC[C@H](C(C)(C)C)C3)cc1. The van der Waals surface area contributed by atoms with E-state index in [1.165, 1.54) is 16.2 Å². The second-order valence-electron chi connectivity index (χ2n) is 9.16. The Morgan fingerprint density at radius 3 is 2.53 bits per heavy atom. The monoisotopic (exact) mass is 473 g/mol. The number of amides is 2. The Hall–Kier alpha value is -2.45. The predicted molar refractivity (Wildman–Crippen MR) is 134 cm³/mol. The van der Waals surface area contributed by atoms with E-state index < -0.39 is 5.91 Å². The van der Waals surface area contributed by atoms with Gasteiger partial charge in [-0.2, -0.15) is 0 Å². The Morgan fingerprint density at radius 2 is 1.94 bits per heavy atom. The van der Waals surface area contributed by atoms with Crippen LogP contribution in [0.3, 0.4) is 0 Å². The molecule has 0 spiro atoms. The lowest BCUT2D eigenvalue weighted by atomic mass is 9.72. The quantitative estimate of drug-likeness (QED) is 0.518. The molecule has 0 saturated carbocycles. The van der Waals surface area contributed by atoms with Crippen molar-refractivity contribution < 1.29 is 14.3 Å². The summed E-state index contributed by atoms with van der Waals surface area (Å²) in [6.45, 7) is 9.40. The molecule has 1 aromatic carbocycles. The number of rotatable bonds is 6. The van der Waals surface area contributed by atoms with Gasteiger partial charge in [0.05, 0.1) is 12.2 Å². The molecule has 1 heterocycles. The summed E-state index contributed by atoms with van der Waals surface area (Å²) in [7, 11) is 0. The van der Waals surface area contributed by atoms with Gasteiger partial charge in [0.25, 0.3) is 11.8 Å². The van der Waals surface area contributed by atoms with Crippen molar-refractivity contribution in [3.8, 4) is 5.75 Å². The topological polar surface area (TPSA) is 93.4 Å². The van der Waals surface area contributed by atoms with Gasteiger partial charge in [0, 0.05) is 10.4 Å². The zero-order chi connectivity index (χ0) is 23.5. The lowest BCUT2D eigenvalue weighted by Gasteiger charge is -2.33. The third kappa shape index (κ3) is 5.66. The van der Waals surface area contributed by atoms with Gasteiger partial charge in [-0.15, -0.1) is 11.3 Å². The Bertz CT molecular complexity index is 1010. The average Bonchev–Trinajstić information content (AvgIpc) is 3.08. The molecule has 1 aliphatic carbocycles.